The lowest BCUT2D eigenvalue weighted by molar-refractivity contribution is 0.317. The third-order valence-electron chi connectivity index (χ3n) is 7.77. The molecule has 3 aromatic heterocycles. The number of rotatable bonds is 3. The van der Waals surface area contributed by atoms with Gasteiger partial charge in [-0.05, 0) is 114 Å². The van der Waals surface area contributed by atoms with Gasteiger partial charge in [-0.15, -0.1) is 0 Å². The molecule has 0 amide bonds. The van der Waals surface area contributed by atoms with E-state index in [0.717, 1.165) is 0 Å². The Bertz CT molecular complexity index is 868. The van der Waals surface area contributed by atoms with Crippen LogP contribution in [0.25, 0.3) is 0 Å². The molecule has 36 heavy (non-hydrogen) atoms. The van der Waals surface area contributed by atoms with Crippen molar-refractivity contribution in [2.24, 2.45) is 0 Å². The van der Waals surface area contributed by atoms with Gasteiger partial charge in [0.25, 0.3) is 0 Å². The molecule has 6 rings (SSSR count). The van der Waals surface area contributed by atoms with E-state index >= 15 is 0 Å². The smallest absolute Gasteiger partial charge is 0.0360 e. The van der Waals surface area contributed by atoms with E-state index in [1.165, 1.54) is 74.8 Å². The second kappa shape index (κ2) is 13.6. The van der Waals surface area contributed by atoms with Gasteiger partial charge in [-0.3, -0.25) is 29.7 Å². The van der Waals surface area contributed by atoms with E-state index in [1.807, 2.05) is 55.4 Å². The van der Waals surface area contributed by atoms with Crippen LogP contribution in [0.5, 0.6) is 0 Å². The van der Waals surface area contributed by atoms with Gasteiger partial charge >= 0.3 is 0 Å². The summed E-state index contributed by atoms with van der Waals surface area (Å²) < 4.78 is 0. The molecule has 3 unspecified atom stereocenters. The lowest BCUT2D eigenvalue weighted by atomic mass is 10.1. The largest absolute Gasteiger partial charge is 0.299 e. The van der Waals surface area contributed by atoms with Crippen molar-refractivity contribution in [3.05, 3.63) is 90.3 Å². The maximum Gasteiger partial charge on any atom is 0.0360 e. The van der Waals surface area contributed by atoms with Crippen molar-refractivity contribution in [2.45, 2.75) is 56.7 Å². The van der Waals surface area contributed by atoms with Crippen molar-refractivity contribution in [2.75, 3.05) is 40.8 Å². The molecule has 3 aromatic rings. The van der Waals surface area contributed by atoms with Crippen molar-refractivity contribution in [3.8, 4) is 0 Å². The highest BCUT2D eigenvalue weighted by atomic mass is 15.2. The molecule has 6 heteroatoms. The summed E-state index contributed by atoms with van der Waals surface area (Å²) in [5.74, 6) is 0. The molecule has 0 radical (unpaired) electrons. The minimum Gasteiger partial charge on any atom is -0.299 e. The van der Waals surface area contributed by atoms with Crippen molar-refractivity contribution in [1.29, 1.82) is 0 Å². The Kier molecular flexibility index (Phi) is 9.96. The highest BCUT2D eigenvalue weighted by Crippen LogP contribution is 2.30. The normalized spacial score (nSPS) is 24.6. The maximum absolute atomic E-state index is 4.14. The van der Waals surface area contributed by atoms with Gasteiger partial charge < -0.3 is 0 Å². The number of likely N-dealkylation sites (tertiary alicyclic amines) is 3. The summed E-state index contributed by atoms with van der Waals surface area (Å²) in [5, 5.41) is 0. The van der Waals surface area contributed by atoms with E-state index in [4.69, 9.17) is 0 Å². The van der Waals surface area contributed by atoms with Crippen LogP contribution in [0.4, 0.5) is 0 Å². The SMILES string of the molecule is CN1CCCC1c1cccnc1.CN1CCCC1c1cccnc1.CN1CCCC1c1cccnc1. The van der Waals surface area contributed by atoms with Crippen LogP contribution in [0.2, 0.25) is 0 Å². The van der Waals surface area contributed by atoms with Gasteiger partial charge in [-0.2, -0.15) is 0 Å². The van der Waals surface area contributed by atoms with Crippen LogP contribution in [0, 0.1) is 0 Å². The predicted octanol–water partition coefficient (Wildman–Crippen LogP) is 5.54. The Labute approximate surface area is 217 Å². The third kappa shape index (κ3) is 7.19. The van der Waals surface area contributed by atoms with Crippen LogP contribution in [0.3, 0.4) is 0 Å². The summed E-state index contributed by atoms with van der Waals surface area (Å²) >= 11 is 0. The lowest BCUT2D eigenvalue weighted by Crippen LogP contribution is -2.17. The predicted molar refractivity (Wildman–Crippen MR) is 147 cm³/mol. The minimum absolute atomic E-state index is 0.610. The molecule has 6 nitrogen and oxygen atoms in total. The van der Waals surface area contributed by atoms with Crippen LogP contribution in [-0.2, 0) is 0 Å². The second-order valence-electron chi connectivity index (χ2n) is 10.3. The van der Waals surface area contributed by atoms with Gasteiger partial charge in [0.1, 0.15) is 0 Å². The Balaban J connectivity index is 0.000000127. The Hall–Kier alpha value is -2.67. The second-order valence-corrected chi connectivity index (χ2v) is 10.3. The summed E-state index contributed by atoms with van der Waals surface area (Å²) in [6.07, 6.45) is 19.2. The van der Waals surface area contributed by atoms with Gasteiger partial charge in [0.05, 0.1) is 0 Å². The zero-order valence-corrected chi connectivity index (χ0v) is 22.2. The number of hydrogen-bond acceptors (Lipinski definition) is 6. The molecule has 0 aromatic carbocycles. The van der Waals surface area contributed by atoms with Crippen molar-refractivity contribution in [3.63, 3.8) is 0 Å². The first-order valence-corrected chi connectivity index (χ1v) is 13.4. The molecule has 3 aliphatic rings. The summed E-state index contributed by atoms with van der Waals surface area (Å²) in [7, 11) is 6.56. The molecular weight excluding hydrogens is 444 g/mol. The molecule has 3 aliphatic heterocycles. The number of aromatic nitrogens is 3. The molecule has 3 saturated heterocycles. The minimum atomic E-state index is 0.610. The summed E-state index contributed by atoms with van der Waals surface area (Å²) in [6.45, 7) is 3.67. The first kappa shape index (κ1) is 26.4. The van der Waals surface area contributed by atoms with Gasteiger partial charge in [-0.1, -0.05) is 18.2 Å². The van der Waals surface area contributed by atoms with Crippen molar-refractivity contribution in [1.82, 2.24) is 29.7 Å². The molecule has 6 heterocycles. The molecule has 3 fully saturated rings. The highest BCUT2D eigenvalue weighted by molar-refractivity contribution is 5.16. The molecule has 0 bridgehead atoms. The van der Waals surface area contributed by atoms with E-state index in [2.05, 4.69) is 69.0 Å². The maximum atomic E-state index is 4.14. The zero-order chi connectivity index (χ0) is 25.2. The van der Waals surface area contributed by atoms with Gasteiger partial charge in [0, 0.05) is 55.3 Å². The van der Waals surface area contributed by atoms with Crippen LogP contribution in [-0.4, -0.2) is 70.4 Å². The van der Waals surface area contributed by atoms with Crippen molar-refractivity contribution >= 4 is 0 Å². The van der Waals surface area contributed by atoms with E-state index in [9.17, 15) is 0 Å². The molecular formula is C30H42N6. The fourth-order valence-electron chi connectivity index (χ4n) is 5.71. The molecule has 0 N–H and O–H groups in total. The first-order valence-electron chi connectivity index (χ1n) is 13.4. The Morgan fingerprint density at radius 2 is 0.833 bits per heavy atom. The molecule has 0 spiro atoms. The molecule has 3 atom stereocenters. The summed E-state index contributed by atoms with van der Waals surface area (Å²) in [6, 6.07) is 14.4. The number of nitrogens with zero attached hydrogens (tertiary/aromatic N) is 6. The zero-order valence-electron chi connectivity index (χ0n) is 22.2. The van der Waals surface area contributed by atoms with Crippen LogP contribution in [0.15, 0.2) is 73.6 Å². The lowest BCUT2D eigenvalue weighted by Gasteiger charge is -2.18. The van der Waals surface area contributed by atoms with Gasteiger partial charge in [-0.25, -0.2) is 0 Å². The fourth-order valence-corrected chi connectivity index (χ4v) is 5.71. The summed E-state index contributed by atoms with van der Waals surface area (Å²) in [5.41, 5.74) is 4.08. The average Bonchev–Trinajstić information content (AvgIpc) is 3.67. The van der Waals surface area contributed by atoms with E-state index in [0.29, 0.717) is 18.1 Å². The molecule has 192 valence electrons. The van der Waals surface area contributed by atoms with Crippen molar-refractivity contribution < 1.29 is 0 Å². The van der Waals surface area contributed by atoms with Gasteiger partial charge in [0.2, 0.25) is 0 Å². The van der Waals surface area contributed by atoms with E-state index in [-0.39, 0.29) is 0 Å². The quantitative estimate of drug-likeness (QED) is 0.484. The summed E-state index contributed by atoms with van der Waals surface area (Å²) in [4.78, 5) is 19.6. The first-order chi connectivity index (χ1) is 17.6. The monoisotopic (exact) mass is 486 g/mol. The third-order valence-corrected chi connectivity index (χ3v) is 7.77. The molecule has 0 saturated carbocycles. The average molecular weight is 487 g/mol. The van der Waals surface area contributed by atoms with Crippen LogP contribution in [0.1, 0.15) is 73.3 Å². The van der Waals surface area contributed by atoms with Crippen LogP contribution < -0.4 is 0 Å². The van der Waals surface area contributed by atoms with E-state index in [1.54, 1.807) is 0 Å². The molecule has 0 aliphatic carbocycles. The Morgan fingerprint density at radius 1 is 0.528 bits per heavy atom. The number of pyridine rings is 3. The standard InChI is InChI=1S/3C10H14N2/c3*1-12-7-3-5-10(12)9-4-2-6-11-8-9/h3*2,4,6,8,10H,3,5,7H2,1H3. The highest BCUT2D eigenvalue weighted by Gasteiger charge is 2.23. The van der Waals surface area contributed by atoms with Gasteiger partial charge in [0.15, 0.2) is 0 Å². The number of hydrogen-bond donors (Lipinski definition) is 0. The Morgan fingerprint density at radius 3 is 1.03 bits per heavy atom. The van der Waals surface area contributed by atoms with E-state index < -0.39 is 0 Å². The topological polar surface area (TPSA) is 48.4 Å². The van der Waals surface area contributed by atoms with Crippen LogP contribution >= 0.6 is 0 Å². The fraction of sp³-hybridized carbons (Fsp3) is 0.500.